The molecule has 0 aliphatic carbocycles. The van der Waals surface area contributed by atoms with Gasteiger partial charge in [-0.2, -0.15) is 13.2 Å². The summed E-state index contributed by atoms with van der Waals surface area (Å²) in [5, 5.41) is 0.339. The molecule has 1 atom stereocenters. The Morgan fingerprint density at radius 3 is 2.54 bits per heavy atom. The van der Waals surface area contributed by atoms with Gasteiger partial charge in [0.1, 0.15) is 5.75 Å². The summed E-state index contributed by atoms with van der Waals surface area (Å²) in [5.41, 5.74) is -2.00. The van der Waals surface area contributed by atoms with Gasteiger partial charge in [0.25, 0.3) is 5.56 Å². The molecule has 0 unspecified atom stereocenters. The average molecular weight is 756 g/mol. The number of hydrogen-bond donors (Lipinski definition) is 0. The van der Waals surface area contributed by atoms with Crippen LogP contribution in [0.5, 0.6) is 5.75 Å². The number of ether oxygens (including phenoxy) is 2. The van der Waals surface area contributed by atoms with E-state index in [1.165, 1.54) is 31.2 Å². The van der Waals surface area contributed by atoms with Crippen molar-refractivity contribution >= 4 is 73.5 Å². The number of nitrogens with zero attached hydrogens (tertiary/aromatic N) is 2. The summed E-state index contributed by atoms with van der Waals surface area (Å²) in [7, 11) is 0. The van der Waals surface area contributed by atoms with E-state index in [1.807, 2.05) is 19.9 Å². The van der Waals surface area contributed by atoms with Crippen molar-refractivity contribution in [1.29, 1.82) is 0 Å². The summed E-state index contributed by atoms with van der Waals surface area (Å²) >= 11 is 12.4. The molecule has 0 spiro atoms. The molecular weight excluding hydrogens is 736 g/mol. The standard InChI is InChI=1S/C26H20BrClF3IN2O4S/c1-4-37-24(36)19-20(13-5-7-16(28)8-6-13)34-23(35)18(39-25(34)33-22(19)26(29,30)31)10-14-9-15(27)11-17(32)21(14)38-12(2)3/h5-12,20H,4H2,1-3H3/b18-10-/t20-/m0/s1. The van der Waals surface area contributed by atoms with E-state index in [0.717, 1.165) is 23.9 Å². The molecule has 1 aromatic heterocycles. The Labute approximate surface area is 252 Å². The highest BCUT2D eigenvalue weighted by atomic mass is 127. The molecule has 6 nitrogen and oxygen atoms in total. The van der Waals surface area contributed by atoms with Crippen LogP contribution in [0.15, 0.2) is 61.9 Å². The number of carbonyl (C=O) groups is 1. The van der Waals surface area contributed by atoms with Crippen molar-refractivity contribution in [1.82, 2.24) is 4.57 Å². The van der Waals surface area contributed by atoms with Crippen molar-refractivity contribution < 1.29 is 27.4 Å². The number of carbonyl (C=O) groups excluding carboxylic acids is 1. The van der Waals surface area contributed by atoms with Crippen LogP contribution >= 0.6 is 61.5 Å². The number of esters is 1. The smallest absolute Gasteiger partial charge is 0.434 e. The predicted molar refractivity (Wildman–Crippen MR) is 155 cm³/mol. The van der Waals surface area contributed by atoms with Gasteiger partial charge in [0.15, 0.2) is 10.5 Å². The average Bonchev–Trinajstić information content (AvgIpc) is 3.15. The van der Waals surface area contributed by atoms with Gasteiger partial charge in [0.2, 0.25) is 0 Å². The summed E-state index contributed by atoms with van der Waals surface area (Å²) in [6.07, 6.45) is -3.60. The highest BCUT2D eigenvalue weighted by Gasteiger charge is 2.45. The van der Waals surface area contributed by atoms with Crippen LogP contribution in [0.2, 0.25) is 5.02 Å². The largest absolute Gasteiger partial charge is 0.489 e. The van der Waals surface area contributed by atoms with Crippen molar-refractivity contribution in [2.75, 3.05) is 6.61 Å². The molecule has 2 aromatic carbocycles. The lowest BCUT2D eigenvalue weighted by Gasteiger charge is -2.26. The summed E-state index contributed by atoms with van der Waals surface area (Å²) in [4.78, 5) is 30.3. The summed E-state index contributed by atoms with van der Waals surface area (Å²) in [6.45, 7) is 5.04. The van der Waals surface area contributed by atoms with Crippen molar-refractivity contribution in [2.45, 2.75) is 39.1 Å². The van der Waals surface area contributed by atoms with Gasteiger partial charge >= 0.3 is 12.1 Å². The summed E-state index contributed by atoms with van der Waals surface area (Å²) in [5.74, 6) is -0.686. The number of rotatable bonds is 6. The molecule has 1 aliphatic heterocycles. The molecule has 206 valence electrons. The fourth-order valence-electron chi connectivity index (χ4n) is 3.99. The van der Waals surface area contributed by atoms with Crippen LogP contribution < -0.4 is 19.6 Å². The van der Waals surface area contributed by atoms with Gasteiger partial charge in [0.05, 0.1) is 32.4 Å². The van der Waals surface area contributed by atoms with E-state index in [2.05, 4.69) is 43.5 Å². The van der Waals surface area contributed by atoms with E-state index in [9.17, 15) is 22.8 Å². The van der Waals surface area contributed by atoms with Gasteiger partial charge in [-0.25, -0.2) is 9.79 Å². The maximum atomic E-state index is 14.3. The Bertz CT molecular complexity index is 1650. The molecule has 39 heavy (non-hydrogen) atoms. The first-order valence-electron chi connectivity index (χ1n) is 11.5. The molecule has 0 bridgehead atoms. The molecule has 3 aromatic rings. The fourth-order valence-corrected chi connectivity index (χ4v) is 6.78. The highest BCUT2D eigenvalue weighted by Crippen LogP contribution is 2.38. The molecule has 0 radical (unpaired) electrons. The number of benzene rings is 2. The first-order chi connectivity index (χ1) is 18.3. The zero-order valence-corrected chi connectivity index (χ0v) is 25.9. The number of alkyl halides is 3. The van der Waals surface area contributed by atoms with Crippen LogP contribution in [-0.4, -0.2) is 29.4 Å². The predicted octanol–water partition coefficient (Wildman–Crippen LogP) is 6.15. The Hall–Kier alpha value is -2.16. The molecule has 0 amide bonds. The van der Waals surface area contributed by atoms with Gasteiger partial charge in [-0.3, -0.25) is 9.36 Å². The van der Waals surface area contributed by atoms with Crippen LogP contribution in [0.4, 0.5) is 13.2 Å². The lowest BCUT2D eigenvalue weighted by atomic mass is 9.95. The lowest BCUT2D eigenvalue weighted by Crippen LogP contribution is -2.41. The molecule has 4 rings (SSSR count). The maximum absolute atomic E-state index is 14.3. The Balaban J connectivity index is 2.06. The number of thiazole rings is 1. The molecule has 0 saturated heterocycles. The van der Waals surface area contributed by atoms with Crippen molar-refractivity contribution in [2.24, 2.45) is 4.99 Å². The SMILES string of the molecule is CCOC(=O)C1=C(C(F)(F)F)N=c2s/c(=C\c3cc(Br)cc(I)c3OC(C)C)c(=O)n2[C@H]1c1ccc(Cl)cc1. The molecule has 0 N–H and O–H groups in total. The zero-order valence-electron chi connectivity index (χ0n) is 20.6. The van der Waals surface area contributed by atoms with Crippen LogP contribution in [0, 0.1) is 3.57 Å². The van der Waals surface area contributed by atoms with Crippen LogP contribution in [0.1, 0.15) is 37.9 Å². The number of fused-ring (bicyclic) bond motifs is 1. The highest BCUT2D eigenvalue weighted by molar-refractivity contribution is 14.1. The normalized spacial score (nSPS) is 15.8. The second kappa shape index (κ2) is 11.8. The monoisotopic (exact) mass is 754 g/mol. The quantitative estimate of drug-likeness (QED) is 0.224. The minimum atomic E-state index is -4.99. The fraction of sp³-hybridized carbons (Fsp3) is 0.269. The molecule has 0 fully saturated rings. The molecule has 13 heteroatoms. The first kappa shape index (κ1) is 29.8. The first-order valence-corrected chi connectivity index (χ1v) is 14.6. The zero-order chi connectivity index (χ0) is 28.6. The van der Waals surface area contributed by atoms with Gasteiger partial charge < -0.3 is 9.47 Å². The Morgan fingerprint density at radius 1 is 1.28 bits per heavy atom. The van der Waals surface area contributed by atoms with Gasteiger partial charge in [-0.1, -0.05) is 51.0 Å². The molecule has 0 saturated carbocycles. The van der Waals surface area contributed by atoms with Crippen molar-refractivity contribution in [3.05, 3.63) is 91.5 Å². The number of halogens is 6. The Kier molecular flexibility index (Phi) is 8.98. The van der Waals surface area contributed by atoms with E-state index in [1.54, 1.807) is 12.1 Å². The number of allylic oxidation sites excluding steroid dienone is 1. The van der Waals surface area contributed by atoms with E-state index in [-0.39, 0.29) is 27.6 Å². The van der Waals surface area contributed by atoms with Gasteiger partial charge in [-0.05, 0) is 79.3 Å². The third-order valence-electron chi connectivity index (χ3n) is 5.46. The topological polar surface area (TPSA) is 69.9 Å². The van der Waals surface area contributed by atoms with Gasteiger partial charge in [-0.15, -0.1) is 0 Å². The maximum Gasteiger partial charge on any atom is 0.434 e. The van der Waals surface area contributed by atoms with Crippen LogP contribution in [-0.2, 0) is 9.53 Å². The molecule has 2 heterocycles. The molecular formula is C26H20BrClF3IN2O4S. The number of aromatic nitrogens is 1. The van der Waals surface area contributed by atoms with E-state index in [4.69, 9.17) is 21.1 Å². The van der Waals surface area contributed by atoms with Crippen molar-refractivity contribution in [3.63, 3.8) is 0 Å². The minimum Gasteiger partial charge on any atom is -0.489 e. The molecule has 1 aliphatic rings. The van der Waals surface area contributed by atoms with Gasteiger partial charge in [0, 0.05) is 15.1 Å². The van der Waals surface area contributed by atoms with E-state index >= 15 is 0 Å². The second-order valence-corrected chi connectivity index (χ2v) is 12.1. The summed E-state index contributed by atoms with van der Waals surface area (Å²) < 4.78 is 56.5. The van der Waals surface area contributed by atoms with E-state index in [0.29, 0.717) is 16.3 Å². The minimum absolute atomic E-state index is 0.113. The van der Waals surface area contributed by atoms with E-state index < -0.39 is 35.0 Å². The third kappa shape index (κ3) is 6.28. The lowest BCUT2D eigenvalue weighted by molar-refractivity contribution is -0.140. The van der Waals surface area contributed by atoms with Crippen LogP contribution in [0.25, 0.3) is 6.08 Å². The second-order valence-electron chi connectivity index (χ2n) is 8.59. The van der Waals surface area contributed by atoms with Crippen LogP contribution in [0.3, 0.4) is 0 Å². The number of hydrogen-bond acceptors (Lipinski definition) is 6. The van der Waals surface area contributed by atoms with Crippen molar-refractivity contribution in [3.8, 4) is 5.75 Å². The third-order valence-corrected chi connectivity index (χ3v) is 7.95. The Morgan fingerprint density at radius 2 is 1.95 bits per heavy atom. The summed E-state index contributed by atoms with van der Waals surface area (Å²) in [6, 6.07) is 8.04.